The molecule has 0 amide bonds. The summed E-state index contributed by atoms with van der Waals surface area (Å²) in [5.41, 5.74) is 21.2. The second kappa shape index (κ2) is 13.4. The predicted octanol–water partition coefficient (Wildman–Crippen LogP) is 15.4. The molecular weight excluding hydrogens is 773 g/mol. The molecule has 0 N–H and O–H groups in total. The Labute approximate surface area is 371 Å². The Morgan fingerprint density at radius 2 is 0.750 bits per heavy atom. The van der Waals surface area contributed by atoms with Crippen molar-refractivity contribution in [2.75, 3.05) is 0 Å². The van der Waals surface area contributed by atoms with Crippen LogP contribution in [0.25, 0.3) is 77.2 Å². The Hall–Kier alpha value is -8.20. The molecule has 64 heavy (non-hydrogen) atoms. The van der Waals surface area contributed by atoms with E-state index in [0.29, 0.717) is 0 Å². The molecule has 298 valence electrons. The predicted molar refractivity (Wildman–Crippen MR) is 265 cm³/mol. The van der Waals surface area contributed by atoms with Gasteiger partial charge in [0.15, 0.2) is 0 Å². The summed E-state index contributed by atoms with van der Waals surface area (Å²) < 4.78 is 4.94. The van der Waals surface area contributed by atoms with Crippen LogP contribution in [0.1, 0.15) is 44.9 Å². The van der Waals surface area contributed by atoms with E-state index in [1.807, 2.05) is 0 Å². The van der Waals surface area contributed by atoms with Gasteiger partial charge in [0, 0.05) is 44.4 Å². The second-order valence-corrected chi connectivity index (χ2v) is 17.5. The molecule has 2 heterocycles. The van der Waals surface area contributed by atoms with E-state index < -0.39 is 5.41 Å². The summed E-state index contributed by atoms with van der Waals surface area (Å²) in [4.78, 5) is 0. The van der Waals surface area contributed by atoms with Crippen LogP contribution in [0.15, 0.2) is 237 Å². The molecule has 12 aromatic rings. The van der Waals surface area contributed by atoms with Crippen molar-refractivity contribution in [3.05, 3.63) is 276 Å². The van der Waals surface area contributed by atoms with E-state index in [2.05, 4.69) is 246 Å². The van der Waals surface area contributed by atoms with Crippen LogP contribution in [-0.2, 0) is 5.41 Å². The molecule has 0 aliphatic heterocycles. The fraction of sp³-hybridized carbons (Fsp3) is 0.0323. The zero-order chi connectivity index (χ0) is 41.9. The van der Waals surface area contributed by atoms with Gasteiger partial charge in [-0.05, 0) is 98.1 Å². The van der Waals surface area contributed by atoms with Crippen LogP contribution < -0.4 is 0 Å². The number of aromatic nitrogens is 2. The first-order valence-electron chi connectivity index (χ1n) is 22.4. The smallest absolute Gasteiger partial charge is 0.0720 e. The first kappa shape index (κ1) is 35.4. The van der Waals surface area contributed by atoms with Crippen molar-refractivity contribution < 1.29 is 0 Å². The van der Waals surface area contributed by atoms with E-state index >= 15 is 0 Å². The first-order valence-corrected chi connectivity index (χ1v) is 22.4. The summed E-state index contributed by atoms with van der Waals surface area (Å²) in [6.45, 7) is 0. The monoisotopic (exact) mass is 812 g/mol. The summed E-state index contributed by atoms with van der Waals surface area (Å²) in [5, 5.41) is 5.06. The Morgan fingerprint density at radius 1 is 0.297 bits per heavy atom. The molecule has 0 atom stereocenters. The highest BCUT2D eigenvalue weighted by atomic mass is 15.0. The van der Waals surface area contributed by atoms with Crippen molar-refractivity contribution in [1.29, 1.82) is 0 Å². The lowest BCUT2D eigenvalue weighted by molar-refractivity contribution is 0.697. The second-order valence-electron chi connectivity index (χ2n) is 17.5. The van der Waals surface area contributed by atoms with Gasteiger partial charge >= 0.3 is 0 Å². The molecular formula is C62H40N2. The number of nitrogens with zero attached hydrogens (tertiary/aromatic N) is 2. The molecule has 14 rings (SSSR count). The number of rotatable bonds is 4. The average molecular weight is 813 g/mol. The quantitative estimate of drug-likeness (QED) is 0.168. The Kier molecular flexibility index (Phi) is 7.41. The molecule has 0 saturated carbocycles. The molecule has 2 heteroatoms. The van der Waals surface area contributed by atoms with Gasteiger partial charge in [0.2, 0.25) is 0 Å². The maximum absolute atomic E-state index is 2.54. The minimum Gasteiger partial charge on any atom is -0.309 e. The third kappa shape index (κ3) is 4.64. The highest BCUT2D eigenvalue weighted by molar-refractivity contribution is 6.16. The number of hydrogen-bond acceptors (Lipinski definition) is 0. The van der Waals surface area contributed by atoms with Crippen LogP contribution in [-0.4, -0.2) is 9.13 Å². The Bertz CT molecular complexity index is 3740. The van der Waals surface area contributed by atoms with Crippen molar-refractivity contribution in [3.8, 4) is 33.6 Å². The summed E-state index contributed by atoms with van der Waals surface area (Å²) in [5.74, 6) is 0.0499. The lowest BCUT2D eigenvalue weighted by Crippen LogP contribution is -2.36. The Balaban J connectivity index is 1.04. The lowest BCUT2D eigenvalue weighted by Gasteiger charge is -2.43. The zero-order valence-electron chi connectivity index (χ0n) is 35.0. The Morgan fingerprint density at radius 3 is 1.38 bits per heavy atom. The fourth-order valence-corrected chi connectivity index (χ4v) is 12.1. The molecule has 0 bridgehead atoms. The van der Waals surface area contributed by atoms with Gasteiger partial charge < -0.3 is 9.13 Å². The van der Waals surface area contributed by atoms with Gasteiger partial charge in [0.05, 0.1) is 27.5 Å². The van der Waals surface area contributed by atoms with Gasteiger partial charge in [-0.3, -0.25) is 0 Å². The molecule has 2 aliphatic carbocycles. The van der Waals surface area contributed by atoms with E-state index in [4.69, 9.17) is 0 Å². The van der Waals surface area contributed by atoms with Crippen LogP contribution in [0.4, 0.5) is 0 Å². The van der Waals surface area contributed by atoms with Gasteiger partial charge in [-0.25, -0.2) is 0 Å². The SMILES string of the molecule is c1ccc(-c2ccccc2C2c3ccccc3C3(c4ccccc4-c4c3ccc3c5ccccc5n(-c5ccc(-n6c7ccccc7c7ccccc76)cc5)c43)c3ccccc32)cc1. The third-order valence-electron chi connectivity index (χ3n) is 14.5. The van der Waals surface area contributed by atoms with Crippen molar-refractivity contribution in [2.45, 2.75) is 11.3 Å². The normalized spacial score (nSPS) is 16.0. The van der Waals surface area contributed by atoms with E-state index in [1.54, 1.807) is 0 Å². The average Bonchev–Trinajstić information content (AvgIpc) is 3.99. The third-order valence-corrected chi connectivity index (χ3v) is 14.5. The summed E-state index contributed by atoms with van der Waals surface area (Å²) in [6.07, 6.45) is 0. The molecule has 2 aromatic heterocycles. The number of para-hydroxylation sites is 3. The molecule has 10 aromatic carbocycles. The van der Waals surface area contributed by atoms with Crippen LogP contribution in [0.5, 0.6) is 0 Å². The van der Waals surface area contributed by atoms with E-state index in [1.165, 1.54) is 105 Å². The molecule has 2 aliphatic rings. The van der Waals surface area contributed by atoms with Crippen molar-refractivity contribution in [1.82, 2.24) is 9.13 Å². The maximum atomic E-state index is 2.54. The van der Waals surface area contributed by atoms with Gasteiger partial charge in [0.1, 0.15) is 0 Å². The standard InChI is InChI=1S/C62H40N2/c1-2-18-40(19-3-1)43-20-4-5-24-47(43)59-49-25-6-12-28-52(49)62(53-29-13-7-26-50(53)59)54-30-14-8-27-51(54)60-55(62)39-38-48-46-23-11-17-33-58(46)64(61(48)60)42-36-34-41(35-37-42)63-56-31-15-9-21-44(56)45-22-10-16-32-57(45)63/h1-39,59H. The van der Waals surface area contributed by atoms with Gasteiger partial charge in [-0.15, -0.1) is 0 Å². The van der Waals surface area contributed by atoms with Crippen molar-refractivity contribution in [3.63, 3.8) is 0 Å². The van der Waals surface area contributed by atoms with E-state index in [9.17, 15) is 0 Å². The number of fused-ring (bicyclic) bond motifs is 16. The summed E-state index contributed by atoms with van der Waals surface area (Å²) in [7, 11) is 0. The zero-order valence-corrected chi connectivity index (χ0v) is 35.0. The summed E-state index contributed by atoms with van der Waals surface area (Å²) >= 11 is 0. The first-order chi connectivity index (χ1) is 31.8. The molecule has 0 saturated heterocycles. The van der Waals surface area contributed by atoms with Crippen LogP contribution in [0.3, 0.4) is 0 Å². The van der Waals surface area contributed by atoms with Crippen molar-refractivity contribution in [2.24, 2.45) is 0 Å². The van der Waals surface area contributed by atoms with Gasteiger partial charge in [-0.1, -0.05) is 194 Å². The highest BCUT2D eigenvalue weighted by Gasteiger charge is 2.52. The number of hydrogen-bond donors (Lipinski definition) is 0. The largest absolute Gasteiger partial charge is 0.309 e. The van der Waals surface area contributed by atoms with E-state index in [0.717, 1.165) is 11.4 Å². The molecule has 0 unspecified atom stereocenters. The van der Waals surface area contributed by atoms with Crippen LogP contribution >= 0.6 is 0 Å². The molecule has 0 fully saturated rings. The minimum atomic E-state index is -0.535. The molecule has 0 radical (unpaired) electrons. The fourth-order valence-electron chi connectivity index (χ4n) is 12.1. The molecule has 2 nitrogen and oxygen atoms in total. The van der Waals surface area contributed by atoms with Crippen molar-refractivity contribution >= 4 is 43.6 Å². The van der Waals surface area contributed by atoms with Gasteiger partial charge in [-0.2, -0.15) is 0 Å². The van der Waals surface area contributed by atoms with Crippen LogP contribution in [0.2, 0.25) is 0 Å². The summed E-state index contributed by atoms with van der Waals surface area (Å²) in [6, 6.07) is 88.4. The molecule has 1 spiro atoms. The lowest BCUT2D eigenvalue weighted by atomic mass is 9.58. The van der Waals surface area contributed by atoms with Crippen LogP contribution in [0, 0.1) is 0 Å². The maximum Gasteiger partial charge on any atom is 0.0720 e. The highest BCUT2D eigenvalue weighted by Crippen LogP contribution is 2.63. The van der Waals surface area contributed by atoms with Gasteiger partial charge in [0.25, 0.3) is 0 Å². The number of benzene rings is 10. The van der Waals surface area contributed by atoms with E-state index in [-0.39, 0.29) is 5.92 Å². The topological polar surface area (TPSA) is 9.86 Å². The minimum absolute atomic E-state index is 0.0499.